The van der Waals surface area contributed by atoms with Gasteiger partial charge in [0.2, 0.25) is 11.5 Å². The Morgan fingerprint density at radius 2 is 1.64 bits per heavy atom. The van der Waals surface area contributed by atoms with Gasteiger partial charge in [-0.15, -0.1) is 0 Å². The lowest BCUT2D eigenvalue weighted by molar-refractivity contribution is -0.120. The van der Waals surface area contributed by atoms with Crippen molar-refractivity contribution in [3.05, 3.63) is 141 Å². The molecule has 4 heterocycles. The number of aliphatic hydroxyl groups is 1. The molecular formula is C44H49N5O7. The summed E-state index contributed by atoms with van der Waals surface area (Å²) in [6.45, 7) is 4.46. The normalized spacial score (nSPS) is 18.6. The molecule has 12 nitrogen and oxygen atoms in total. The van der Waals surface area contributed by atoms with Crippen molar-refractivity contribution < 1.29 is 29.6 Å². The summed E-state index contributed by atoms with van der Waals surface area (Å²) in [7, 11) is 0. The number of fused-ring (bicyclic) bond motifs is 4. The Kier molecular flexibility index (Phi) is 12.3. The Hall–Kier alpha value is -5.69. The second-order valence-electron chi connectivity index (χ2n) is 14.8. The number of carboxylic acid groups (broad SMARTS) is 1. The van der Waals surface area contributed by atoms with E-state index in [2.05, 4.69) is 20.5 Å². The Morgan fingerprint density at radius 3 is 2.38 bits per heavy atom. The van der Waals surface area contributed by atoms with Gasteiger partial charge in [-0.1, -0.05) is 72.8 Å². The topological polar surface area (TPSA) is 167 Å². The number of amides is 2. The van der Waals surface area contributed by atoms with Crippen LogP contribution in [-0.4, -0.2) is 87.4 Å². The zero-order valence-electron chi connectivity index (χ0n) is 31.3. The van der Waals surface area contributed by atoms with Crippen LogP contribution in [0.25, 0.3) is 10.9 Å². The van der Waals surface area contributed by atoms with Crippen LogP contribution < -0.4 is 20.9 Å². The minimum atomic E-state index is -0.913. The van der Waals surface area contributed by atoms with Crippen LogP contribution in [0.5, 0.6) is 11.5 Å². The zero-order chi connectivity index (χ0) is 39.0. The van der Waals surface area contributed by atoms with E-state index in [0.29, 0.717) is 54.3 Å². The highest BCUT2D eigenvalue weighted by atomic mass is 16.5. The Morgan fingerprint density at radius 1 is 0.893 bits per heavy atom. The number of carbonyl (C=O) groups is 2. The average Bonchev–Trinajstić information content (AvgIpc) is 3.22. The van der Waals surface area contributed by atoms with Gasteiger partial charge in [-0.2, -0.15) is 0 Å². The van der Waals surface area contributed by atoms with Crippen molar-refractivity contribution in [1.82, 2.24) is 25.4 Å². The van der Waals surface area contributed by atoms with Gasteiger partial charge in [0.05, 0.1) is 30.1 Å². The van der Waals surface area contributed by atoms with Crippen LogP contribution in [-0.2, 0) is 17.8 Å². The number of hydrogen-bond donors (Lipinski definition) is 6. The number of aromatic hydroxyl groups is 1. The van der Waals surface area contributed by atoms with Crippen molar-refractivity contribution in [1.29, 1.82) is 0 Å². The molecule has 3 aliphatic rings. The smallest absolute Gasteiger partial charge is 0.408 e. The number of aromatic amines is 1. The Labute approximate surface area is 325 Å². The van der Waals surface area contributed by atoms with E-state index < -0.39 is 18.2 Å². The first kappa shape index (κ1) is 38.6. The van der Waals surface area contributed by atoms with Crippen molar-refractivity contribution >= 4 is 22.9 Å². The summed E-state index contributed by atoms with van der Waals surface area (Å²) in [6.07, 6.45) is 1.18. The highest BCUT2D eigenvalue weighted by molar-refractivity contribution is 5.87. The van der Waals surface area contributed by atoms with Gasteiger partial charge in [0.25, 0.3) is 0 Å². The third-order valence-corrected chi connectivity index (χ3v) is 11.0. The molecule has 292 valence electrons. The highest BCUT2D eigenvalue weighted by Crippen LogP contribution is 2.39. The van der Waals surface area contributed by atoms with Crippen molar-refractivity contribution in [3.63, 3.8) is 0 Å². The highest BCUT2D eigenvalue weighted by Gasteiger charge is 2.43. The Balaban J connectivity index is 0.880. The quantitative estimate of drug-likeness (QED) is 0.0728. The van der Waals surface area contributed by atoms with E-state index in [-0.39, 0.29) is 36.2 Å². The molecule has 2 bridgehead atoms. The molecule has 3 aliphatic heterocycles. The first-order valence-corrected chi connectivity index (χ1v) is 19.3. The lowest BCUT2D eigenvalue weighted by Crippen LogP contribution is -2.59. The van der Waals surface area contributed by atoms with Crippen LogP contribution in [0.4, 0.5) is 4.79 Å². The molecule has 12 heteroatoms. The molecule has 8 rings (SSSR count). The minimum Gasteiger partial charge on any atom is -0.506 e. The number of phenolic OH excluding ortho intramolecular Hbond substituents is 1. The molecule has 5 aromatic rings. The molecule has 3 fully saturated rings. The molecule has 0 saturated carbocycles. The van der Waals surface area contributed by atoms with Gasteiger partial charge in [0, 0.05) is 31.1 Å². The molecular weight excluding hydrogens is 711 g/mol. The van der Waals surface area contributed by atoms with Crippen molar-refractivity contribution in [3.8, 4) is 11.5 Å². The summed E-state index contributed by atoms with van der Waals surface area (Å²) < 4.78 is 6.23. The summed E-state index contributed by atoms with van der Waals surface area (Å²) >= 11 is 0. The number of benzene rings is 4. The van der Waals surface area contributed by atoms with Gasteiger partial charge in [-0.25, -0.2) is 4.79 Å². The molecule has 4 aromatic carbocycles. The van der Waals surface area contributed by atoms with Crippen LogP contribution in [0.2, 0.25) is 0 Å². The number of phenols is 1. The minimum absolute atomic E-state index is 0.0557. The second-order valence-corrected chi connectivity index (χ2v) is 14.8. The van der Waals surface area contributed by atoms with E-state index in [0.717, 1.165) is 54.7 Å². The number of aliphatic hydroxyl groups excluding tert-OH is 1. The number of piperidine rings is 3. The van der Waals surface area contributed by atoms with E-state index in [9.17, 15) is 29.7 Å². The number of aromatic nitrogens is 1. The summed E-state index contributed by atoms with van der Waals surface area (Å²) in [4.78, 5) is 43.9. The summed E-state index contributed by atoms with van der Waals surface area (Å²) in [5.41, 5.74) is 4.17. The number of carbonyl (C=O) groups excluding carboxylic acids is 1. The molecule has 0 aliphatic carbocycles. The second kappa shape index (κ2) is 17.8. The molecule has 56 heavy (non-hydrogen) atoms. The van der Waals surface area contributed by atoms with Crippen LogP contribution in [0.3, 0.4) is 0 Å². The Bertz CT molecular complexity index is 2170. The first-order valence-electron chi connectivity index (χ1n) is 19.3. The predicted octanol–water partition coefficient (Wildman–Crippen LogP) is 5.35. The fourth-order valence-corrected chi connectivity index (χ4v) is 8.12. The van der Waals surface area contributed by atoms with Crippen molar-refractivity contribution in [2.24, 2.45) is 5.92 Å². The maximum absolute atomic E-state index is 13.0. The van der Waals surface area contributed by atoms with Crippen molar-refractivity contribution in [2.75, 3.05) is 39.3 Å². The summed E-state index contributed by atoms with van der Waals surface area (Å²) in [5, 5.41) is 38.2. The van der Waals surface area contributed by atoms with Crippen LogP contribution in [0.15, 0.2) is 108 Å². The van der Waals surface area contributed by atoms with Gasteiger partial charge < -0.3 is 40.6 Å². The van der Waals surface area contributed by atoms with E-state index in [1.807, 2.05) is 78.9 Å². The lowest BCUT2D eigenvalue weighted by atomic mass is 9.81. The van der Waals surface area contributed by atoms with Gasteiger partial charge in [0.1, 0.15) is 18.1 Å². The molecule has 6 N–H and O–H groups in total. The van der Waals surface area contributed by atoms with Crippen LogP contribution >= 0.6 is 0 Å². The number of H-pyrrole nitrogens is 1. The number of ether oxygens (including phenoxy) is 1. The molecule has 3 saturated heterocycles. The van der Waals surface area contributed by atoms with Crippen LogP contribution in [0, 0.1) is 5.92 Å². The monoisotopic (exact) mass is 759 g/mol. The molecule has 0 radical (unpaired) electrons. The van der Waals surface area contributed by atoms with E-state index in [1.54, 1.807) is 17.0 Å². The lowest BCUT2D eigenvalue weighted by Gasteiger charge is -2.50. The summed E-state index contributed by atoms with van der Waals surface area (Å²) in [5.74, 6) is 0.861. The number of hydrogen-bond acceptors (Lipinski definition) is 8. The van der Waals surface area contributed by atoms with Crippen LogP contribution in [0.1, 0.15) is 59.2 Å². The maximum Gasteiger partial charge on any atom is 0.408 e. The average molecular weight is 760 g/mol. The van der Waals surface area contributed by atoms with Gasteiger partial charge in [0.15, 0.2) is 0 Å². The van der Waals surface area contributed by atoms with E-state index in [4.69, 9.17) is 4.74 Å². The third kappa shape index (κ3) is 9.22. The van der Waals surface area contributed by atoms with Gasteiger partial charge in [-0.05, 0) is 96.9 Å². The SMILES string of the molecule is O=C(Cc1ccc(COc2cccc([C@H](c3ccccc3)N(C(=O)O)[C@H]3CN4CCC3CC4)c2)cc1)NCCCNC[C@H](O)c1ccc(O)c2[nH]c(=O)ccc12. The van der Waals surface area contributed by atoms with E-state index >= 15 is 0 Å². The number of rotatable bonds is 16. The summed E-state index contributed by atoms with van der Waals surface area (Å²) in [6, 6.07) is 30.8. The zero-order valence-corrected chi connectivity index (χ0v) is 31.3. The molecule has 2 amide bonds. The van der Waals surface area contributed by atoms with Gasteiger partial charge in [-0.3, -0.25) is 14.5 Å². The first-order chi connectivity index (χ1) is 27.2. The molecule has 1 aromatic heterocycles. The van der Waals surface area contributed by atoms with Crippen molar-refractivity contribution in [2.45, 2.75) is 50.5 Å². The largest absolute Gasteiger partial charge is 0.506 e. The number of pyridine rings is 1. The number of nitrogens with zero attached hydrogens (tertiary/aromatic N) is 2. The predicted molar refractivity (Wildman–Crippen MR) is 214 cm³/mol. The molecule has 3 atom stereocenters. The standard InChI is InChI=1S/C44H49N5O7/c50-38-16-14-35(36-15-17-40(52)47-42(36)38)39(51)26-45-20-5-21-46-41(53)24-29-10-12-30(13-11-29)28-56-34-9-4-8-33(25-34)43(32-6-2-1-3-7-32)49(44(54)55)37-27-48-22-18-31(37)19-23-48/h1-4,6-17,25,31,37,39,43,45,50-51H,5,18-24,26-28H2,(H,46,53)(H,47,52)(H,54,55)/t37-,39-,43-/m0/s1. The molecule has 0 unspecified atom stereocenters. The fourth-order valence-electron chi connectivity index (χ4n) is 8.12. The van der Waals surface area contributed by atoms with Gasteiger partial charge >= 0.3 is 6.09 Å². The number of nitrogens with one attached hydrogen (secondary N) is 3. The molecule has 0 spiro atoms. The fraction of sp³-hybridized carbons (Fsp3) is 0.341. The maximum atomic E-state index is 13.0. The third-order valence-electron chi connectivity index (χ3n) is 11.0. The van der Waals surface area contributed by atoms with E-state index in [1.165, 1.54) is 12.1 Å².